The van der Waals surface area contributed by atoms with Gasteiger partial charge in [-0.1, -0.05) is 41.4 Å². The lowest BCUT2D eigenvalue weighted by molar-refractivity contribution is -0.127. The van der Waals surface area contributed by atoms with Crippen LogP contribution in [0.3, 0.4) is 0 Å². The van der Waals surface area contributed by atoms with Gasteiger partial charge in [0, 0.05) is 21.3 Å². The monoisotopic (exact) mass is 679 g/mol. The van der Waals surface area contributed by atoms with Gasteiger partial charge in [0.2, 0.25) is 5.91 Å². The van der Waals surface area contributed by atoms with Crippen LogP contribution in [0.1, 0.15) is 23.6 Å². The topological polar surface area (TPSA) is 97.0 Å². The van der Waals surface area contributed by atoms with Crippen LogP contribution >= 0.6 is 45.8 Å². The van der Waals surface area contributed by atoms with Crippen molar-refractivity contribution in [3.05, 3.63) is 90.6 Å². The second kappa shape index (κ2) is 12.7. The number of hydrogen-bond acceptors (Lipinski definition) is 5. The Hall–Kier alpha value is -3.28. The Kier molecular flexibility index (Phi) is 9.36. The molecule has 0 bridgehead atoms. The summed E-state index contributed by atoms with van der Waals surface area (Å²) in [6.07, 6.45) is 1.53. The van der Waals surface area contributed by atoms with Crippen molar-refractivity contribution in [1.82, 2.24) is 10.2 Å². The molecule has 8 nitrogen and oxygen atoms in total. The van der Waals surface area contributed by atoms with E-state index in [0.29, 0.717) is 39.4 Å². The van der Waals surface area contributed by atoms with E-state index in [2.05, 4.69) is 33.2 Å². The van der Waals surface area contributed by atoms with Crippen LogP contribution < -0.4 is 20.1 Å². The van der Waals surface area contributed by atoms with Gasteiger partial charge in [-0.25, -0.2) is 9.69 Å². The molecule has 39 heavy (non-hydrogen) atoms. The molecule has 0 saturated carbocycles. The number of carbonyl (C=O) groups excluding carboxylic acids is 3. The molecule has 3 aromatic carbocycles. The molecule has 0 radical (unpaired) electrons. The Balaban J connectivity index is 1.50. The summed E-state index contributed by atoms with van der Waals surface area (Å²) in [5.41, 5.74) is 2.97. The maximum atomic E-state index is 13.0. The maximum absolute atomic E-state index is 13.0. The van der Waals surface area contributed by atoms with Gasteiger partial charge >= 0.3 is 6.03 Å². The van der Waals surface area contributed by atoms with Crippen molar-refractivity contribution in [3.63, 3.8) is 0 Å². The third-order valence-corrected chi connectivity index (χ3v) is 6.98. The molecule has 0 atom stereocenters. The molecule has 0 spiro atoms. The summed E-state index contributed by atoms with van der Waals surface area (Å²) in [5.74, 6) is -0.111. The number of nitrogens with one attached hydrogen (secondary N) is 2. The first-order valence-electron chi connectivity index (χ1n) is 11.9. The number of urea groups is 1. The lowest BCUT2D eigenvalue weighted by Crippen LogP contribution is -2.38. The van der Waals surface area contributed by atoms with Gasteiger partial charge in [-0.05, 0) is 90.0 Å². The van der Waals surface area contributed by atoms with Gasteiger partial charge in [0.05, 0.1) is 10.2 Å². The number of ether oxygens (including phenoxy) is 2. The van der Waals surface area contributed by atoms with Gasteiger partial charge in [0.1, 0.15) is 18.8 Å². The number of anilines is 1. The molecule has 0 unspecified atom stereocenters. The number of imide groups is 1. The van der Waals surface area contributed by atoms with Gasteiger partial charge in [-0.2, -0.15) is 0 Å². The third-order valence-electron chi connectivity index (χ3n) is 5.60. The van der Waals surface area contributed by atoms with Gasteiger partial charge in [-0.3, -0.25) is 9.59 Å². The number of amides is 4. The maximum Gasteiger partial charge on any atom is 0.329 e. The van der Waals surface area contributed by atoms with Gasteiger partial charge in [-0.15, -0.1) is 0 Å². The molecular weight excluding hydrogens is 656 g/mol. The van der Waals surface area contributed by atoms with E-state index in [-0.39, 0.29) is 12.3 Å². The summed E-state index contributed by atoms with van der Waals surface area (Å²) in [4.78, 5) is 38.8. The Morgan fingerprint density at radius 2 is 1.90 bits per heavy atom. The molecule has 11 heteroatoms. The summed E-state index contributed by atoms with van der Waals surface area (Å²) >= 11 is 14.4. The number of benzene rings is 3. The predicted octanol–water partition coefficient (Wildman–Crippen LogP) is 6.42. The summed E-state index contributed by atoms with van der Waals surface area (Å²) < 4.78 is 12.6. The number of halogens is 3. The highest BCUT2D eigenvalue weighted by molar-refractivity contribution is 14.1. The van der Waals surface area contributed by atoms with E-state index in [4.69, 9.17) is 32.7 Å². The van der Waals surface area contributed by atoms with Crippen LogP contribution in [0.5, 0.6) is 11.5 Å². The second-order valence-electron chi connectivity index (χ2n) is 8.58. The molecule has 0 aromatic heterocycles. The van der Waals surface area contributed by atoms with Crippen molar-refractivity contribution >= 4 is 75.4 Å². The summed E-state index contributed by atoms with van der Waals surface area (Å²) in [6.45, 7) is 3.90. The Morgan fingerprint density at radius 3 is 2.62 bits per heavy atom. The van der Waals surface area contributed by atoms with E-state index in [0.717, 1.165) is 19.6 Å². The normalized spacial score (nSPS) is 14.0. The first-order valence-corrected chi connectivity index (χ1v) is 13.7. The molecule has 1 heterocycles. The highest BCUT2D eigenvalue weighted by Crippen LogP contribution is 2.36. The van der Waals surface area contributed by atoms with Crippen LogP contribution in [0.25, 0.3) is 6.08 Å². The second-order valence-corrected chi connectivity index (χ2v) is 10.6. The first kappa shape index (κ1) is 28.7. The fraction of sp³-hybridized carbons (Fsp3) is 0.179. The molecule has 0 aliphatic carbocycles. The van der Waals surface area contributed by atoms with E-state index >= 15 is 0 Å². The fourth-order valence-electron chi connectivity index (χ4n) is 3.81. The number of carbonyl (C=O) groups is 3. The first-order chi connectivity index (χ1) is 18.6. The van der Waals surface area contributed by atoms with Crippen molar-refractivity contribution in [2.24, 2.45) is 0 Å². The van der Waals surface area contributed by atoms with Crippen molar-refractivity contribution in [2.45, 2.75) is 20.5 Å². The van der Waals surface area contributed by atoms with E-state index < -0.39 is 24.4 Å². The molecule has 4 amide bonds. The molecule has 4 rings (SSSR count). The molecule has 1 saturated heterocycles. The molecule has 1 aliphatic rings. The number of aryl methyl sites for hydroxylation is 1. The number of nitrogens with zero attached hydrogens (tertiary/aromatic N) is 1. The van der Waals surface area contributed by atoms with Crippen LogP contribution in [0.2, 0.25) is 10.0 Å². The quantitative estimate of drug-likeness (QED) is 0.155. The van der Waals surface area contributed by atoms with Crippen LogP contribution in [0.15, 0.2) is 60.3 Å². The number of hydrogen-bond donors (Lipinski definition) is 2. The minimum atomic E-state index is -0.676. The zero-order valence-corrected chi connectivity index (χ0v) is 24.7. The third kappa shape index (κ3) is 7.23. The van der Waals surface area contributed by atoms with E-state index in [9.17, 15) is 14.4 Å². The van der Waals surface area contributed by atoms with E-state index in [1.54, 1.807) is 48.5 Å². The van der Waals surface area contributed by atoms with Crippen molar-refractivity contribution in [3.8, 4) is 11.5 Å². The highest BCUT2D eigenvalue weighted by Gasteiger charge is 2.35. The van der Waals surface area contributed by atoms with Crippen LogP contribution in [0.4, 0.5) is 10.5 Å². The predicted molar refractivity (Wildman–Crippen MR) is 159 cm³/mol. The fourth-order valence-corrected chi connectivity index (χ4v) is 5.06. The molecule has 3 aromatic rings. The van der Waals surface area contributed by atoms with Crippen molar-refractivity contribution < 1.29 is 23.9 Å². The van der Waals surface area contributed by atoms with Gasteiger partial charge in [0.15, 0.2) is 11.5 Å². The van der Waals surface area contributed by atoms with E-state index in [1.807, 2.05) is 19.9 Å². The zero-order chi connectivity index (χ0) is 28.1. The summed E-state index contributed by atoms with van der Waals surface area (Å²) in [6, 6.07) is 15.2. The highest BCUT2D eigenvalue weighted by atomic mass is 127. The molecule has 1 aliphatic heterocycles. The van der Waals surface area contributed by atoms with E-state index in [1.165, 1.54) is 6.08 Å². The minimum absolute atomic E-state index is 0.0446. The summed E-state index contributed by atoms with van der Waals surface area (Å²) in [7, 11) is 0. The van der Waals surface area contributed by atoms with Crippen LogP contribution in [-0.4, -0.2) is 35.9 Å². The zero-order valence-electron chi connectivity index (χ0n) is 21.0. The summed E-state index contributed by atoms with van der Waals surface area (Å²) in [5, 5.41) is 6.27. The smallest absolute Gasteiger partial charge is 0.329 e. The average molecular weight is 680 g/mol. The van der Waals surface area contributed by atoms with Gasteiger partial charge in [0.25, 0.3) is 5.91 Å². The standard InChI is InChI=1S/C28H24Cl2IN3O5/c1-3-38-24-12-17(10-22(31)26(24)39-15-18-7-8-19(29)13-21(18)30)11-23-27(36)34(28(37)33-23)14-25(35)32-20-6-4-5-16(2)9-20/h4-13H,3,14-15H2,1-2H3,(H,32,35)(H,33,37)/b23-11+. The minimum Gasteiger partial charge on any atom is -0.490 e. The molecule has 1 fully saturated rings. The van der Waals surface area contributed by atoms with Crippen molar-refractivity contribution in [2.75, 3.05) is 18.5 Å². The Bertz CT molecular complexity index is 1480. The average Bonchev–Trinajstić information content (AvgIpc) is 3.12. The Morgan fingerprint density at radius 1 is 1.10 bits per heavy atom. The van der Waals surface area contributed by atoms with Crippen LogP contribution in [-0.2, 0) is 16.2 Å². The number of rotatable bonds is 9. The molecular formula is C28H24Cl2IN3O5. The molecule has 2 N–H and O–H groups in total. The lowest BCUT2D eigenvalue weighted by Gasteiger charge is -2.15. The SMILES string of the molecule is CCOc1cc(/C=C2/NC(=O)N(CC(=O)Nc3cccc(C)c3)C2=O)cc(I)c1OCc1ccc(Cl)cc1Cl. The van der Waals surface area contributed by atoms with Crippen molar-refractivity contribution in [1.29, 1.82) is 0 Å². The Labute approximate surface area is 249 Å². The molecule has 202 valence electrons. The largest absolute Gasteiger partial charge is 0.490 e. The van der Waals surface area contributed by atoms with Crippen LogP contribution in [0, 0.1) is 10.5 Å². The lowest BCUT2D eigenvalue weighted by atomic mass is 10.1. The van der Waals surface area contributed by atoms with Gasteiger partial charge < -0.3 is 20.1 Å².